The monoisotopic (exact) mass is 406 g/mol. The number of carbonyl (C=O) groups excluding carboxylic acids is 1. The van der Waals surface area contributed by atoms with Gasteiger partial charge in [0.25, 0.3) is 0 Å². The fourth-order valence-corrected chi connectivity index (χ4v) is 4.94. The first-order valence-electron chi connectivity index (χ1n) is 10.2. The van der Waals surface area contributed by atoms with Gasteiger partial charge in [-0.25, -0.2) is 9.37 Å². The van der Waals surface area contributed by atoms with E-state index in [1.54, 1.807) is 24.5 Å². The topological polar surface area (TPSA) is 101 Å². The molecule has 6 nitrogen and oxygen atoms in total. The van der Waals surface area contributed by atoms with Crippen LogP contribution in [0.15, 0.2) is 36.8 Å². The molecule has 5 rings (SSSR count). The molecule has 2 aromatic heterocycles. The number of benzene rings is 1. The summed E-state index contributed by atoms with van der Waals surface area (Å²) in [6.07, 6.45) is 7.07. The largest absolute Gasteiger partial charge is 0.396 e. The van der Waals surface area contributed by atoms with Gasteiger partial charge in [0.2, 0.25) is 5.91 Å². The number of aliphatic hydroxyl groups excluding tert-OH is 1. The number of aromatic nitrogens is 2. The van der Waals surface area contributed by atoms with Crippen molar-refractivity contribution in [3.05, 3.63) is 48.2 Å². The van der Waals surface area contributed by atoms with Crippen molar-refractivity contribution in [3.63, 3.8) is 0 Å². The van der Waals surface area contributed by atoms with E-state index in [9.17, 15) is 14.3 Å². The highest BCUT2D eigenvalue weighted by atomic mass is 19.1. The number of pyridine rings is 2. The third-order valence-electron chi connectivity index (χ3n) is 6.59. The van der Waals surface area contributed by atoms with Crippen LogP contribution in [0.5, 0.6) is 0 Å². The lowest BCUT2D eigenvalue weighted by Crippen LogP contribution is -2.19. The summed E-state index contributed by atoms with van der Waals surface area (Å²) < 4.78 is 15.0. The minimum atomic E-state index is -0.506. The zero-order valence-corrected chi connectivity index (χ0v) is 16.6. The number of nitrogens with one attached hydrogen (secondary N) is 1. The SMILES string of the molecule is Cc1ccncc1-c1cc2cc(NC(=O)[C@H]3C4[C@H](O)CCC[C@@H]43)ncc2c(N)c1F. The molecule has 7 heteroatoms. The van der Waals surface area contributed by atoms with Gasteiger partial charge in [-0.1, -0.05) is 6.42 Å². The second-order valence-electron chi connectivity index (χ2n) is 8.39. The van der Waals surface area contributed by atoms with E-state index < -0.39 is 11.9 Å². The van der Waals surface area contributed by atoms with Crippen LogP contribution in [0.1, 0.15) is 24.8 Å². The first kappa shape index (κ1) is 18.9. The van der Waals surface area contributed by atoms with Gasteiger partial charge in [0.1, 0.15) is 5.82 Å². The van der Waals surface area contributed by atoms with Crippen LogP contribution in [0.25, 0.3) is 21.9 Å². The molecule has 0 bridgehead atoms. The third-order valence-corrected chi connectivity index (χ3v) is 6.59. The molecule has 0 saturated heterocycles. The Kier molecular flexibility index (Phi) is 4.43. The lowest BCUT2D eigenvalue weighted by atomic mass is 9.98. The van der Waals surface area contributed by atoms with Crippen molar-refractivity contribution in [2.45, 2.75) is 32.3 Å². The van der Waals surface area contributed by atoms with Gasteiger partial charge in [0.05, 0.1) is 11.8 Å². The Bertz CT molecular complexity index is 1170. The van der Waals surface area contributed by atoms with Gasteiger partial charge >= 0.3 is 0 Å². The third kappa shape index (κ3) is 3.01. The molecule has 0 radical (unpaired) electrons. The molecule has 2 aliphatic rings. The molecule has 2 saturated carbocycles. The van der Waals surface area contributed by atoms with E-state index in [0.717, 1.165) is 24.8 Å². The molecule has 2 aliphatic carbocycles. The Labute approximate surface area is 173 Å². The molecule has 4 atom stereocenters. The Morgan fingerprint density at radius 2 is 2.10 bits per heavy atom. The van der Waals surface area contributed by atoms with E-state index in [2.05, 4.69) is 15.3 Å². The minimum absolute atomic E-state index is 0.0208. The number of carbonyl (C=O) groups is 1. The maximum Gasteiger partial charge on any atom is 0.229 e. The van der Waals surface area contributed by atoms with Crippen LogP contribution in [-0.4, -0.2) is 27.1 Å². The number of nitrogens with zero attached hydrogens (tertiary/aromatic N) is 2. The molecule has 4 N–H and O–H groups in total. The quantitative estimate of drug-likeness (QED) is 0.576. The van der Waals surface area contributed by atoms with Gasteiger partial charge in [0, 0.05) is 46.9 Å². The number of hydrogen-bond acceptors (Lipinski definition) is 5. The van der Waals surface area contributed by atoms with Crippen LogP contribution < -0.4 is 11.1 Å². The summed E-state index contributed by atoms with van der Waals surface area (Å²) in [7, 11) is 0. The summed E-state index contributed by atoms with van der Waals surface area (Å²) in [4.78, 5) is 21.1. The number of nitrogen functional groups attached to an aromatic ring is 1. The lowest BCUT2D eigenvalue weighted by molar-refractivity contribution is -0.118. The molecule has 0 aliphatic heterocycles. The summed E-state index contributed by atoms with van der Waals surface area (Å²) in [5, 5.41) is 14.2. The van der Waals surface area contributed by atoms with Gasteiger partial charge in [-0.15, -0.1) is 0 Å². The van der Waals surface area contributed by atoms with Crippen molar-refractivity contribution >= 4 is 28.2 Å². The van der Waals surface area contributed by atoms with E-state index in [1.807, 2.05) is 13.0 Å². The lowest BCUT2D eigenvalue weighted by Gasteiger charge is -2.14. The number of hydrogen-bond donors (Lipinski definition) is 3. The standard InChI is InChI=1S/C23H23FN4O2/c1-11-5-6-26-9-15(11)14-7-12-8-18(27-10-16(12)22(25)21(14)24)28-23(30)20-13-3-2-4-17(29)19(13)20/h5-10,13,17,19-20,29H,2-4,25H2,1H3,(H,27,28,30)/t13-,17+,19?,20+/m0/s1. The van der Waals surface area contributed by atoms with Crippen LogP contribution in [0.2, 0.25) is 0 Å². The molecule has 2 fully saturated rings. The number of aliphatic hydroxyl groups is 1. The van der Waals surface area contributed by atoms with Gasteiger partial charge < -0.3 is 16.2 Å². The molecular weight excluding hydrogens is 383 g/mol. The molecule has 1 unspecified atom stereocenters. The average Bonchev–Trinajstić information content (AvgIpc) is 3.47. The molecule has 1 amide bonds. The van der Waals surface area contributed by atoms with Crippen molar-refractivity contribution in [3.8, 4) is 11.1 Å². The highest BCUT2D eigenvalue weighted by Gasteiger charge is 2.58. The highest BCUT2D eigenvalue weighted by Crippen LogP contribution is 2.55. The summed E-state index contributed by atoms with van der Waals surface area (Å²) in [5.41, 5.74) is 8.00. The zero-order chi connectivity index (χ0) is 21.0. The summed E-state index contributed by atoms with van der Waals surface area (Å²) in [6, 6.07) is 5.24. The van der Waals surface area contributed by atoms with Crippen molar-refractivity contribution < 1.29 is 14.3 Å². The van der Waals surface area contributed by atoms with E-state index in [4.69, 9.17) is 5.73 Å². The first-order chi connectivity index (χ1) is 14.5. The Morgan fingerprint density at radius 1 is 1.27 bits per heavy atom. The predicted molar refractivity (Wildman–Crippen MR) is 113 cm³/mol. The smallest absolute Gasteiger partial charge is 0.229 e. The maximum atomic E-state index is 15.0. The number of amides is 1. The van der Waals surface area contributed by atoms with Crippen molar-refractivity contribution in [2.24, 2.45) is 17.8 Å². The average molecular weight is 406 g/mol. The summed E-state index contributed by atoms with van der Waals surface area (Å²) in [5.74, 6) is -0.0648. The Balaban J connectivity index is 1.47. The van der Waals surface area contributed by atoms with Crippen molar-refractivity contribution in [2.75, 3.05) is 11.1 Å². The Morgan fingerprint density at radius 3 is 2.87 bits per heavy atom. The molecule has 0 spiro atoms. The van der Waals surface area contributed by atoms with E-state index in [-0.39, 0.29) is 29.3 Å². The maximum absolute atomic E-state index is 15.0. The second-order valence-corrected chi connectivity index (χ2v) is 8.39. The second kappa shape index (κ2) is 7.02. The van der Waals surface area contributed by atoms with E-state index >= 15 is 0 Å². The normalized spacial score (nSPS) is 25.0. The van der Waals surface area contributed by atoms with Crippen LogP contribution in [0.3, 0.4) is 0 Å². The van der Waals surface area contributed by atoms with Gasteiger partial charge in [-0.3, -0.25) is 9.78 Å². The zero-order valence-electron chi connectivity index (χ0n) is 16.6. The number of halogens is 1. The Hall–Kier alpha value is -3.06. The van der Waals surface area contributed by atoms with Gasteiger partial charge in [-0.2, -0.15) is 0 Å². The van der Waals surface area contributed by atoms with Crippen molar-refractivity contribution in [1.82, 2.24) is 9.97 Å². The fourth-order valence-electron chi connectivity index (χ4n) is 4.94. The highest BCUT2D eigenvalue weighted by molar-refractivity contribution is 6.00. The summed E-state index contributed by atoms with van der Waals surface area (Å²) in [6.45, 7) is 1.89. The fraction of sp³-hybridized carbons (Fsp3) is 0.348. The molecule has 2 heterocycles. The molecule has 1 aromatic carbocycles. The van der Waals surface area contributed by atoms with Crippen LogP contribution >= 0.6 is 0 Å². The number of rotatable bonds is 3. The van der Waals surface area contributed by atoms with Crippen LogP contribution in [-0.2, 0) is 4.79 Å². The van der Waals surface area contributed by atoms with Crippen LogP contribution in [0, 0.1) is 30.5 Å². The molecule has 3 aromatic rings. The van der Waals surface area contributed by atoms with Crippen LogP contribution in [0.4, 0.5) is 15.9 Å². The van der Waals surface area contributed by atoms with Crippen molar-refractivity contribution in [1.29, 1.82) is 0 Å². The van der Waals surface area contributed by atoms with Gasteiger partial charge in [-0.05, 0) is 54.8 Å². The molecular formula is C23H23FN4O2. The number of anilines is 2. The number of aryl methyl sites for hydroxylation is 1. The first-order valence-corrected chi connectivity index (χ1v) is 10.2. The number of fused-ring (bicyclic) bond motifs is 2. The predicted octanol–water partition coefficient (Wildman–Crippen LogP) is 3.67. The molecule has 154 valence electrons. The minimum Gasteiger partial charge on any atom is -0.396 e. The summed E-state index contributed by atoms with van der Waals surface area (Å²) >= 11 is 0. The van der Waals surface area contributed by atoms with E-state index in [1.165, 1.54) is 6.20 Å². The number of nitrogens with two attached hydrogens (primary N) is 1. The van der Waals surface area contributed by atoms with E-state index in [0.29, 0.717) is 27.7 Å². The molecule has 30 heavy (non-hydrogen) atoms. The van der Waals surface area contributed by atoms with Gasteiger partial charge in [0.15, 0.2) is 5.82 Å².